The highest BCUT2D eigenvalue weighted by molar-refractivity contribution is 5.86. The zero-order valence-corrected chi connectivity index (χ0v) is 15.5. The molecule has 0 spiro atoms. The van der Waals surface area contributed by atoms with E-state index in [1.807, 2.05) is 12.1 Å². The van der Waals surface area contributed by atoms with Gasteiger partial charge in [-0.2, -0.15) is 0 Å². The molecule has 6 nitrogen and oxygen atoms in total. The molecule has 27 heavy (non-hydrogen) atoms. The van der Waals surface area contributed by atoms with Gasteiger partial charge >= 0.3 is 0 Å². The van der Waals surface area contributed by atoms with Crippen LogP contribution in [0.25, 0.3) is 0 Å². The monoisotopic (exact) mass is 376 g/mol. The lowest BCUT2D eigenvalue weighted by Crippen LogP contribution is -2.48. The third-order valence-electron chi connectivity index (χ3n) is 3.99. The predicted molar refractivity (Wildman–Crippen MR) is 99.7 cm³/mol. The van der Waals surface area contributed by atoms with Crippen molar-refractivity contribution in [3.8, 4) is 5.75 Å². The molecule has 1 unspecified atom stereocenters. The smallest absolute Gasteiger partial charge is 0.245 e. The average molecular weight is 376 g/mol. The Morgan fingerprint density at radius 1 is 1.30 bits per heavy atom. The predicted octanol–water partition coefficient (Wildman–Crippen LogP) is 2.26. The summed E-state index contributed by atoms with van der Waals surface area (Å²) in [4.78, 5) is 23.3. The molecule has 1 aromatic carbocycles. The number of carbonyl (C=O) groups is 2. The maximum Gasteiger partial charge on any atom is 0.245 e. The molecule has 2 atom stereocenters. The second kappa shape index (κ2) is 10.5. The molecule has 1 aromatic rings. The molecule has 146 valence electrons. The lowest BCUT2D eigenvalue weighted by molar-refractivity contribution is -0.129. The minimum absolute atomic E-state index is 0.0282. The molecule has 0 saturated carbocycles. The van der Waals surface area contributed by atoms with Crippen LogP contribution >= 0.6 is 0 Å². The van der Waals surface area contributed by atoms with Gasteiger partial charge in [0, 0.05) is 26.5 Å². The lowest BCUT2D eigenvalue weighted by atomic mass is 10.0. The minimum atomic E-state index is -0.729. The fraction of sp³-hybridized carbons (Fsp3) is 0.400. The molecule has 0 aromatic heterocycles. The first-order chi connectivity index (χ1) is 13.0. The summed E-state index contributed by atoms with van der Waals surface area (Å²) in [5.41, 5.74) is 0.890. The number of carbonyl (C=O) groups excluding carboxylic acids is 2. The number of rotatable bonds is 9. The van der Waals surface area contributed by atoms with Crippen molar-refractivity contribution >= 4 is 11.8 Å². The molecule has 0 bridgehead atoms. The van der Waals surface area contributed by atoms with Gasteiger partial charge in [-0.1, -0.05) is 18.2 Å². The summed E-state index contributed by atoms with van der Waals surface area (Å²) in [6.07, 6.45) is 5.58. The SMILES string of the molecule is COC[C@H](NC(C)=O)C(=O)NCc1ccc(OCC2C=C(F)C=CC2)cc1. The first kappa shape index (κ1) is 20.6. The minimum Gasteiger partial charge on any atom is -0.493 e. The van der Waals surface area contributed by atoms with E-state index in [9.17, 15) is 14.0 Å². The van der Waals surface area contributed by atoms with Crippen molar-refractivity contribution in [2.75, 3.05) is 20.3 Å². The number of hydrogen-bond acceptors (Lipinski definition) is 4. The highest BCUT2D eigenvalue weighted by Gasteiger charge is 2.18. The molecule has 0 heterocycles. The van der Waals surface area contributed by atoms with Crippen LogP contribution in [0.1, 0.15) is 18.9 Å². The maximum atomic E-state index is 13.2. The Hall–Kier alpha value is -2.67. The summed E-state index contributed by atoms with van der Waals surface area (Å²) in [6.45, 7) is 2.18. The molecule has 2 N–H and O–H groups in total. The fourth-order valence-corrected chi connectivity index (χ4v) is 2.63. The number of hydrogen-bond donors (Lipinski definition) is 2. The summed E-state index contributed by atoms with van der Waals surface area (Å²) >= 11 is 0. The van der Waals surface area contributed by atoms with Gasteiger partial charge in [-0.15, -0.1) is 0 Å². The van der Waals surface area contributed by atoms with E-state index in [4.69, 9.17) is 9.47 Å². The van der Waals surface area contributed by atoms with E-state index in [0.717, 1.165) is 12.0 Å². The zero-order chi connectivity index (χ0) is 19.6. The van der Waals surface area contributed by atoms with E-state index in [1.165, 1.54) is 20.1 Å². The summed E-state index contributed by atoms with van der Waals surface area (Å²) in [6, 6.07) is 6.57. The average Bonchev–Trinajstić information content (AvgIpc) is 2.64. The van der Waals surface area contributed by atoms with Crippen LogP contribution in [0.5, 0.6) is 5.75 Å². The van der Waals surface area contributed by atoms with Gasteiger partial charge in [0.25, 0.3) is 0 Å². The Balaban J connectivity index is 1.80. The standard InChI is InChI=1S/C20H25FN2O4/c1-14(24)23-19(13-26-2)20(25)22-11-15-6-8-18(9-7-15)27-12-16-4-3-5-17(21)10-16/h3,5-10,16,19H,4,11-13H2,1-2H3,(H,22,25)(H,23,24)/t16?,19-/m0/s1. The molecule has 2 amide bonds. The Morgan fingerprint density at radius 3 is 2.67 bits per heavy atom. The van der Waals surface area contributed by atoms with Gasteiger partial charge in [0.15, 0.2) is 0 Å². The van der Waals surface area contributed by atoms with Crippen LogP contribution in [0, 0.1) is 5.92 Å². The highest BCUT2D eigenvalue weighted by Crippen LogP contribution is 2.20. The first-order valence-electron chi connectivity index (χ1n) is 8.77. The lowest BCUT2D eigenvalue weighted by Gasteiger charge is -2.17. The van der Waals surface area contributed by atoms with Crippen molar-refractivity contribution in [2.45, 2.75) is 25.9 Å². The van der Waals surface area contributed by atoms with Gasteiger partial charge in [0.05, 0.1) is 13.2 Å². The van der Waals surface area contributed by atoms with E-state index in [2.05, 4.69) is 10.6 Å². The second-order valence-electron chi connectivity index (χ2n) is 6.33. The molecule has 0 saturated heterocycles. The van der Waals surface area contributed by atoms with Gasteiger partial charge in [-0.3, -0.25) is 9.59 Å². The van der Waals surface area contributed by atoms with E-state index >= 15 is 0 Å². The number of ether oxygens (including phenoxy) is 2. The van der Waals surface area contributed by atoms with E-state index in [0.29, 0.717) is 18.9 Å². The van der Waals surface area contributed by atoms with Crippen molar-refractivity contribution < 1.29 is 23.5 Å². The molecule has 0 radical (unpaired) electrons. The molecule has 0 fully saturated rings. The van der Waals surface area contributed by atoms with Gasteiger partial charge in [-0.25, -0.2) is 4.39 Å². The van der Waals surface area contributed by atoms with Crippen molar-refractivity contribution in [1.29, 1.82) is 0 Å². The normalized spacial score (nSPS) is 17.0. The Morgan fingerprint density at radius 2 is 2.04 bits per heavy atom. The van der Waals surface area contributed by atoms with Crippen molar-refractivity contribution in [3.63, 3.8) is 0 Å². The van der Waals surface area contributed by atoms with Crippen LogP contribution in [-0.2, 0) is 20.9 Å². The van der Waals surface area contributed by atoms with Crippen LogP contribution < -0.4 is 15.4 Å². The van der Waals surface area contributed by atoms with Crippen LogP contribution in [0.4, 0.5) is 4.39 Å². The Bertz CT molecular complexity index is 700. The van der Waals surface area contributed by atoms with Gasteiger partial charge in [0.2, 0.25) is 11.8 Å². The van der Waals surface area contributed by atoms with Gasteiger partial charge < -0.3 is 20.1 Å². The number of nitrogens with one attached hydrogen (secondary N) is 2. The third kappa shape index (κ3) is 7.22. The van der Waals surface area contributed by atoms with Crippen LogP contribution in [0.3, 0.4) is 0 Å². The maximum absolute atomic E-state index is 13.2. The molecule has 0 aliphatic heterocycles. The molecule has 1 aliphatic rings. The van der Waals surface area contributed by atoms with Crippen LogP contribution in [-0.4, -0.2) is 38.2 Å². The van der Waals surface area contributed by atoms with E-state index in [-0.39, 0.29) is 30.2 Å². The molecule has 1 aliphatic carbocycles. The number of allylic oxidation sites excluding steroid dienone is 3. The number of benzene rings is 1. The van der Waals surface area contributed by atoms with Crippen LogP contribution in [0.15, 0.2) is 48.3 Å². The van der Waals surface area contributed by atoms with E-state index in [1.54, 1.807) is 24.3 Å². The van der Waals surface area contributed by atoms with Crippen molar-refractivity contribution in [3.05, 3.63) is 53.9 Å². The Kier molecular flexibility index (Phi) is 8.00. The number of amides is 2. The topological polar surface area (TPSA) is 76.7 Å². The molecular formula is C20H25FN2O4. The van der Waals surface area contributed by atoms with E-state index < -0.39 is 6.04 Å². The summed E-state index contributed by atoms with van der Waals surface area (Å²) < 4.78 is 23.8. The molecular weight excluding hydrogens is 351 g/mol. The fourth-order valence-electron chi connectivity index (χ4n) is 2.63. The molecule has 7 heteroatoms. The molecule has 2 rings (SSSR count). The van der Waals surface area contributed by atoms with Crippen molar-refractivity contribution in [1.82, 2.24) is 10.6 Å². The van der Waals surface area contributed by atoms with Gasteiger partial charge in [0.1, 0.15) is 17.6 Å². The van der Waals surface area contributed by atoms with Gasteiger partial charge in [-0.05, 0) is 36.3 Å². The first-order valence-corrected chi connectivity index (χ1v) is 8.77. The summed E-state index contributed by atoms with van der Waals surface area (Å²) in [5.74, 6) is -0.125. The highest BCUT2D eigenvalue weighted by atomic mass is 19.1. The largest absolute Gasteiger partial charge is 0.493 e. The quantitative estimate of drug-likeness (QED) is 0.693. The number of halogens is 1. The summed E-state index contributed by atoms with van der Waals surface area (Å²) in [7, 11) is 1.47. The number of methoxy groups -OCH3 is 1. The third-order valence-corrected chi connectivity index (χ3v) is 3.99. The van der Waals surface area contributed by atoms with Crippen LogP contribution in [0.2, 0.25) is 0 Å². The second-order valence-corrected chi connectivity index (χ2v) is 6.33. The Labute approximate surface area is 158 Å². The zero-order valence-electron chi connectivity index (χ0n) is 15.5. The van der Waals surface area contributed by atoms with Crippen molar-refractivity contribution in [2.24, 2.45) is 5.92 Å². The summed E-state index contributed by atoms with van der Waals surface area (Å²) in [5, 5.41) is 5.31.